The first kappa shape index (κ1) is 18.8. The Morgan fingerprint density at radius 3 is 2.28 bits per heavy atom. The molecule has 1 aromatic heterocycles. The fourth-order valence-corrected chi connectivity index (χ4v) is 3.41. The molecule has 0 saturated carbocycles. The number of ether oxygens (including phenoxy) is 1. The van der Waals surface area contributed by atoms with Crippen molar-refractivity contribution >= 4 is 22.7 Å². The number of aromatic nitrogens is 1. The Morgan fingerprint density at radius 1 is 0.897 bits per heavy atom. The van der Waals surface area contributed by atoms with E-state index in [0.29, 0.717) is 6.61 Å². The monoisotopic (exact) mass is 384 g/mol. The smallest absolute Gasteiger partial charge is 0.433 e. The molecule has 4 aromatic rings. The molecule has 0 saturated heterocycles. The molecule has 0 aliphatic rings. The number of fused-ring (bicyclic) bond motifs is 1. The van der Waals surface area contributed by atoms with Gasteiger partial charge in [-0.25, -0.2) is 9.47 Å². The van der Waals surface area contributed by atoms with Crippen molar-refractivity contribution in [2.75, 3.05) is 11.6 Å². The Labute approximate surface area is 170 Å². The molecule has 0 N–H and O–H groups in total. The van der Waals surface area contributed by atoms with Crippen molar-refractivity contribution in [1.82, 2.24) is 4.68 Å². The summed E-state index contributed by atoms with van der Waals surface area (Å²) in [6, 6.07) is 29.9. The van der Waals surface area contributed by atoms with Gasteiger partial charge in [-0.05, 0) is 30.7 Å². The number of rotatable bonds is 6. The van der Waals surface area contributed by atoms with Gasteiger partial charge in [0.2, 0.25) is 0 Å². The zero-order chi connectivity index (χ0) is 20.1. The lowest BCUT2D eigenvalue weighted by molar-refractivity contribution is 0.150. The summed E-state index contributed by atoms with van der Waals surface area (Å²) in [5, 5.41) is 2.69. The fraction of sp³-hybridized carbons (Fsp3) is 0.160. The largest absolute Gasteiger partial charge is 0.448 e. The highest BCUT2D eigenvalue weighted by molar-refractivity contribution is 5.94. The van der Waals surface area contributed by atoms with Crippen LogP contribution in [0, 0.1) is 0 Å². The number of nitrogens with zero attached hydrogens (tertiary/aromatic N) is 2. The van der Waals surface area contributed by atoms with Crippen LogP contribution in [0.3, 0.4) is 0 Å². The molecule has 1 heterocycles. The zero-order valence-corrected chi connectivity index (χ0v) is 16.5. The van der Waals surface area contributed by atoms with E-state index < -0.39 is 0 Å². The Bertz CT molecular complexity index is 1090. The Hall–Kier alpha value is -3.53. The highest BCUT2D eigenvalue weighted by Crippen LogP contribution is 2.31. The van der Waals surface area contributed by atoms with E-state index in [9.17, 15) is 4.79 Å². The normalized spacial score (nSPS) is 10.8. The molecular formula is C25H24N2O2. The van der Waals surface area contributed by atoms with Gasteiger partial charge in [0.1, 0.15) is 0 Å². The molecule has 0 spiro atoms. The first-order valence-corrected chi connectivity index (χ1v) is 9.97. The minimum absolute atomic E-state index is 0.386. The SMILES string of the molecule is CCCCOC(=O)N(c1ccccc1)n1c(-c2ccccc2)cc2ccccc21. The van der Waals surface area contributed by atoms with Crippen LogP contribution in [-0.4, -0.2) is 17.4 Å². The molecule has 0 fully saturated rings. The molecular weight excluding hydrogens is 360 g/mol. The maximum absolute atomic E-state index is 13.2. The van der Waals surface area contributed by atoms with Crippen LogP contribution in [0.15, 0.2) is 91.0 Å². The van der Waals surface area contributed by atoms with Gasteiger partial charge in [0.05, 0.1) is 23.5 Å². The van der Waals surface area contributed by atoms with E-state index in [1.807, 2.05) is 71.4 Å². The van der Waals surface area contributed by atoms with Crippen molar-refractivity contribution in [3.8, 4) is 11.3 Å². The van der Waals surface area contributed by atoms with Gasteiger partial charge in [-0.3, -0.25) is 0 Å². The molecule has 0 unspecified atom stereocenters. The molecule has 0 radical (unpaired) electrons. The summed E-state index contributed by atoms with van der Waals surface area (Å²) in [6.07, 6.45) is 1.43. The number of carbonyl (C=O) groups excluding carboxylic acids is 1. The number of para-hydroxylation sites is 2. The first-order valence-electron chi connectivity index (χ1n) is 9.97. The van der Waals surface area contributed by atoms with Crippen LogP contribution in [-0.2, 0) is 4.74 Å². The number of benzene rings is 3. The molecule has 29 heavy (non-hydrogen) atoms. The zero-order valence-electron chi connectivity index (χ0n) is 16.5. The molecule has 146 valence electrons. The van der Waals surface area contributed by atoms with Crippen molar-refractivity contribution in [2.45, 2.75) is 19.8 Å². The summed E-state index contributed by atoms with van der Waals surface area (Å²) in [6.45, 7) is 2.48. The number of anilines is 1. The van der Waals surface area contributed by atoms with Gasteiger partial charge in [-0.2, -0.15) is 5.01 Å². The third kappa shape index (κ3) is 3.87. The number of hydrogen-bond acceptors (Lipinski definition) is 2. The summed E-state index contributed by atoms with van der Waals surface area (Å²) in [5.74, 6) is 0. The van der Waals surface area contributed by atoms with Crippen LogP contribution in [0.2, 0.25) is 0 Å². The Balaban J connectivity index is 1.91. The molecule has 0 atom stereocenters. The molecule has 4 heteroatoms. The fourth-order valence-electron chi connectivity index (χ4n) is 3.41. The summed E-state index contributed by atoms with van der Waals surface area (Å²) in [5.41, 5.74) is 3.67. The Kier molecular flexibility index (Phi) is 5.61. The molecule has 3 aromatic carbocycles. The second-order valence-corrected chi connectivity index (χ2v) is 6.88. The maximum Gasteiger partial charge on any atom is 0.433 e. The van der Waals surface area contributed by atoms with Crippen molar-refractivity contribution < 1.29 is 9.53 Å². The van der Waals surface area contributed by atoms with Crippen LogP contribution in [0.5, 0.6) is 0 Å². The third-order valence-electron chi connectivity index (χ3n) is 4.85. The predicted molar refractivity (Wildman–Crippen MR) is 118 cm³/mol. The van der Waals surface area contributed by atoms with Crippen LogP contribution in [0.4, 0.5) is 10.5 Å². The van der Waals surface area contributed by atoms with E-state index in [2.05, 4.69) is 31.2 Å². The van der Waals surface area contributed by atoms with Gasteiger partial charge in [0.25, 0.3) is 0 Å². The van der Waals surface area contributed by atoms with Gasteiger partial charge in [0.15, 0.2) is 0 Å². The molecule has 0 bridgehead atoms. The lowest BCUT2D eigenvalue weighted by Crippen LogP contribution is -2.37. The van der Waals surface area contributed by atoms with Crippen molar-refractivity contribution in [1.29, 1.82) is 0 Å². The van der Waals surface area contributed by atoms with E-state index in [4.69, 9.17) is 4.74 Å². The van der Waals surface area contributed by atoms with E-state index in [1.165, 1.54) is 0 Å². The number of hydrogen-bond donors (Lipinski definition) is 0. The van der Waals surface area contributed by atoms with E-state index >= 15 is 0 Å². The number of unbranched alkanes of at least 4 members (excludes halogenated alkanes) is 1. The molecule has 0 aliphatic carbocycles. The molecule has 4 nitrogen and oxygen atoms in total. The molecule has 0 aliphatic heterocycles. The Morgan fingerprint density at radius 2 is 1.55 bits per heavy atom. The highest BCUT2D eigenvalue weighted by Gasteiger charge is 2.24. The quantitative estimate of drug-likeness (QED) is 0.355. The summed E-state index contributed by atoms with van der Waals surface area (Å²) in [4.78, 5) is 13.2. The lowest BCUT2D eigenvalue weighted by atomic mass is 10.1. The topological polar surface area (TPSA) is 34.5 Å². The van der Waals surface area contributed by atoms with Crippen molar-refractivity contribution in [3.63, 3.8) is 0 Å². The van der Waals surface area contributed by atoms with E-state index in [0.717, 1.165) is 40.7 Å². The third-order valence-corrected chi connectivity index (χ3v) is 4.85. The first-order chi connectivity index (χ1) is 14.3. The van der Waals surface area contributed by atoms with Crippen molar-refractivity contribution in [2.24, 2.45) is 0 Å². The minimum atomic E-state index is -0.386. The van der Waals surface area contributed by atoms with E-state index in [1.54, 1.807) is 5.01 Å². The van der Waals surface area contributed by atoms with Gasteiger partial charge in [-0.1, -0.05) is 80.1 Å². The minimum Gasteiger partial charge on any atom is -0.448 e. The van der Waals surface area contributed by atoms with Gasteiger partial charge in [-0.15, -0.1) is 0 Å². The summed E-state index contributed by atoms with van der Waals surface area (Å²) >= 11 is 0. The van der Waals surface area contributed by atoms with E-state index in [-0.39, 0.29) is 6.09 Å². The predicted octanol–water partition coefficient (Wildman–Crippen LogP) is 6.51. The summed E-state index contributed by atoms with van der Waals surface area (Å²) < 4.78 is 7.58. The second-order valence-electron chi connectivity index (χ2n) is 6.88. The highest BCUT2D eigenvalue weighted by atomic mass is 16.6. The van der Waals surface area contributed by atoms with Gasteiger partial charge < -0.3 is 4.74 Å². The van der Waals surface area contributed by atoms with Gasteiger partial charge in [0, 0.05) is 10.9 Å². The van der Waals surface area contributed by atoms with Crippen LogP contribution >= 0.6 is 0 Å². The summed E-state index contributed by atoms with van der Waals surface area (Å²) in [7, 11) is 0. The van der Waals surface area contributed by atoms with Crippen LogP contribution < -0.4 is 5.01 Å². The molecule has 4 rings (SSSR count). The average Bonchev–Trinajstić information content (AvgIpc) is 3.15. The van der Waals surface area contributed by atoms with Crippen LogP contribution in [0.1, 0.15) is 19.8 Å². The number of amides is 1. The second kappa shape index (κ2) is 8.65. The number of carbonyl (C=O) groups is 1. The van der Waals surface area contributed by atoms with Gasteiger partial charge >= 0.3 is 6.09 Å². The average molecular weight is 384 g/mol. The van der Waals surface area contributed by atoms with Crippen molar-refractivity contribution in [3.05, 3.63) is 91.0 Å². The standard InChI is InChI=1S/C25H24N2O2/c1-2-3-18-29-25(28)26(22-15-8-5-9-16-22)27-23-17-11-10-14-21(23)19-24(27)20-12-6-4-7-13-20/h4-17,19H,2-3,18H2,1H3. The maximum atomic E-state index is 13.2. The molecule has 1 amide bonds. The lowest BCUT2D eigenvalue weighted by Gasteiger charge is -2.26. The van der Waals surface area contributed by atoms with Crippen LogP contribution in [0.25, 0.3) is 22.2 Å².